The fourth-order valence-corrected chi connectivity index (χ4v) is 1.42. The topological polar surface area (TPSA) is 77.5 Å². The summed E-state index contributed by atoms with van der Waals surface area (Å²) >= 11 is 0. The highest BCUT2D eigenvalue weighted by Gasteiger charge is 2.10. The number of methoxy groups -OCH3 is 1. The lowest BCUT2D eigenvalue weighted by Gasteiger charge is -2.06. The smallest absolute Gasteiger partial charge is 0.401 e. The van der Waals surface area contributed by atoms with E-state index in [1.54, 1.807) is 13.2 Å². The number of nitrogens with one attached hydrogen (secondary N) is 1. The first-order valence-corrected chi connectivity index (χ1v) is 5.80. The number of hydrogen-bond acceptors (Lipinski definition) is 5. The molecule has 1 aromatic heterocycles. The monoisotopic (exact) mass is 254 g/mol. The molecule has 0 radical (unpaired) electrons. The molecule has 0 aromatic carbocycles. The first-order valence-electron chi connectivity index (χ1n) is 5.80. The zero-order chi connectivity index (χ0) is 13.4. The van der Waals surface area contributed by atoms with E-state index in [-0.39, 0.29) is 5.88 Å². The second-order valence-corrected chi connectivity index (χ2v) is 3.76. The Morgan fingerprint density at radius 3 is 2.94 bits per heavy atom. The fourth-order valence-electron chi connectivity index (χ4n) is 1.42. The van der Waals surface area contributed by atoms with E-state index in [0.29, 0.717) is 18.9 Å². The van der Waals surface area contributed by atoms with Crippen molar-refractivity contribution in [3.8, 4) is 0 Å². The van der Waals surface area contributed by atoms with Crippen LogP contribution in [-0.4, -0.2) is 31.7 Å². The minimum absolute atomic E-state index is 0.232. The van der Waals surface area contributed by atoms with Crippen LogP contribution in [0.1, 0.15) is 19.1 Å². The quantitative estimate of drug-likeness (QED) is 0.437. The van der Waals surface area contributed by atoms with Crippen LogP contribution in [0.2, 0.25) is 0 Å². The highest BCUT2D eigenvalue weighted by Crippen LogP contribution is 2.18. The van der Waals surface area contributed by atoms with Crippen molar-refractivity contribution in [1.29, 1.82) is 0 Å². The number of rotatable bonds is 8. The van der Waals surface area contributed by atoms with Crippen LogP contribution in [0.25, 0.3) is 6.08 Å². The number of ether oxygens (including phenoxy) is 1. The van der Waals surface area contributed by atoms with E-state index in [1.165, 1.54) is 6.07 Å². The molecule has 0 saturated carbocycles. The fraction of sp³-hybridized carbons (Fsp3) is 0.500. The summed E-state index contributed by atoms with van der Waals surface area (Å²) in [7, 11) is 1.65. The molecule has 0 aliphatic carbocycles. The van der Waals surface area contributed by atoms with Crippen LogP contribution in [0, 0.1) is 10.1 Å². The van der Waals surface area contributed by atoms with Crippen LogP contribution in [0.5, 0.6) is 0 Å². The van der Waals surface area contributed by atoms with Gasteiger partial charge in [0.2, 0.25) is 0 Å². The number of nitro groups is 1. The summed E-state index contributed by atoms with van der Waals surface area (Å²) < 4.78 is 10.0. The molecule has 1 rings (SSSR count). The molecule has 0 bridgehead atoms. The van der Waals surface area contributed by atoms with Gasteiger partial charge in [0.1, 0.15) is 10.7 Å². The van der Waals surface area contributed by atoms with Gasteiger partial charge in [-0.1, -0.05) is 12.5 Å². The van der Waals surface area contributed by atoms with Crippen molar-refractivity contribution in [2.45, 2.75) is 13.3 Å². The van der Waals surface area contributed by atoms with E-state index in [4.69, 9.17) is 9.15 Å². The molecule has 1 aromatic rings. The SMILES string of the molecule is CCC(=Cc1ccc([N+](=O)[O-])o1)CNCCOC. The Morgan fingerprint density at radius 2 is 2.39 bits per heavy atom. The summed E-state index contributed by atoms with van der Waals surface area (Å²) in [5.41, 5.74) is 1.12. The Labute approximate surface area is 106 Å². The van der Waals surface area contributed by atoms with Gasteiger partial charge in [-0.3, -0.25) is 10.1 Å². The minimum Gasteiger partial charge on any atom is -0.401 e. The maximum absolute atomic E-state index is 10.5. The summed E-state index contributed by atoms with van der Waals surface area (Å²) in [5.74, 6) is 0.274. The molecule has 0 fully saturated rings. The molecule has 0 saturated heterocycles. The molecule has 0 atom stereocenters. The third kappa shape index (κ3) is 4.68. The van der Waals surface area contributed by atoms with E-state index in [1.807, 2.05) is 13.0 Å². The molecule has 0 spiro atoms. The highest BCUT2D eigenvalue weighted by molar-refractivity contribution is 5.49. The second-order valence-electron chi connectivity index (χ2n) is 3.76. The van der Waals surface area contributed by atoms with Gasteiger partial charge in [-0.15, -0.1) is 0 Å². The molecular formula is C12H18N2O4. The maximum atomic E-state index is 10.5. The molecule has 6 nitrogen and oxygen atoms in total. The summed E-state index contributed by atoms with van der Waals surface area (Å²) in [6.07, 6.45) is 2.68. The molecule has 1 heterocycles. The van der Waals surface area contributed by atoms with Gasteiger partial charge in [0.05, 0.1) is 12.7 Å². The van der Waals surface area contributed by atoms with Crippen molar-refractivity contribution in [3.05, 3.63) is 33.6 Å². The van der Waals surface area contributed by atoms with E-state index in [0.717, 1.165) is 18.5 Å². The van der Waals surface area contributed by atoms with Gasteiger partial charge in [0.15, 0.2) is 0 Å². The van der Waals surface area contributed by atoms with Gasteiger partial charge in [0, 0.05) is 20.2 Å². The van der Waals surface area contributed by atoms with E-state index < -0.39 is 4.92 Å². The summed E-state index contributed by atoms with van der Waals surface area (Å²) in [6.45, 7) is 4.17. The Balaban J connectivity index is 2.56. The normalized spacial score (nSPS) is 11.8. The molecule has 100 valence electrons. The predicted molar refractivity (Wildman–Crippen MR) is 68.4 cm³/mol. The molecule has 0 aliphatic rings. The van der Waals surface area contributed by atoms with Gasteiger partial charge in [-0.2, -0.15) is 0 Å². The van der Waals surface area contributed by atoms with Crippen LogP contribution >= 0.6 is 0 Å². The second kappa shape index (κ2) is 7.62. The van der Waals surface area contributed by atoms with Crippen molar-refractivity contribution < 1.29 is 14.1 Å². The molecule has 0 unspecified atom stereocenters. The Bertz CT molecular complexity index is 412. The van der Waals surface area contributed by atoms with Crippen molar-refractivity contribution in [1.82, 2.24) is 5.32 Å². The minimum atomic E-state index is -0.542. The summed E-state index contributed by atoms with van der Waals surface area (Å²) in [5, 5.41) is 13.7. The van der Waals surface area contributed by atoms with Crippen LogP contribution < -0.4 is 5.32 Å². The molecule has 6 heteroatoms. The average Bonchev–Trinajstić information content (AvgIpc) is 2.81. The Kier molecular flexibility index (Phi) is 6.10. The molecule has 0 aliphatic heterocycles. The number of hydrogen-bond donors (Lipinski definition) is 1. The van der Waals surface area contributed by atoms with E-state index in [2.05, 4.69) is 5.32 Å². The standard InChI is InChI=1S/C12H18N2O4/c1-3-10(9-13-6-7-17-2)8-11-4-5-12(18-11)14(15)16/h4-5,8,13H,3,6-7,9H2,1-2H3. The molecular weight excluding hydrogens is 236 g/mol. The van der Waals surface area contributed by atoms with Crippen LogP contribution in [0.15, 0.2) is 22.1 Å². The van der Waals surface area contributed by atoms with Gasteiger partial charge in [0.25, 0.3) is 0 Å². The van der Waals surface area contributed by atoms with E-state index in [9.17, 15) is 10.1 Å². The van der Waals surface area contributed by atoms with Crippen LogP contribution in [0.4, 0.5) is 5.88 Å². The number of nitrogens with zero attached hydrogens (tertiary/aromatic N) is 1. The molecule has 18 heavy (non-hydrogen) atoms. The lowest BCUT2D eigenvalue weighted by atomic mass is 10.1. The Hall–Kier alpha value is -1.66. The van der Waals surface area contributed by atoms with Crippen LogP contribution in [0.3, 0.4) is 0 Å². The number of furan rings is 1. The summed E-state index contributed by atoms with van der Waals surface area (Å²) in [4.78, 5) is 9.94. The lowest BCUT2D eigenvalue weighted by Crippen LogP contribution is -2.21. The highest BCUT2D eigenvalue weighted by atomic mass is 16.6. The van der Waals surface area contributed by atoms with Crippen molar-refractivity contribution in [2.75, 3.05) is 26.8 Å². The first kappa shape index (κ1) is 14.4. The van der Waals surface area contributed by atoms with Gasteiger partial charge < -0.3 is 14.5 Å². The zero-order valence-corrected chi connectivity index (χ0v) is 10.6. The van der Waals surface area contributed by atoms with Crippen molar-refractivity contribution >= 4 is 12.0 Å². The van der Waals surface area contributed by atoms with Crippen LogP contribution in [-0.2, 0) is 4.74 Å². The van der Waals surface area contributed by atoms with Gasteiger partial charge in [-0.25, -0.2) is 0 Å². The van der Waals surface area contributed by atoms with Gasteiger partial charge in [-0.05, 0) is 18.6 Å². The predicted octanol–water partition coefficient (Wildman–Crippen LogP) is 2.22. The first-order chi connectivity index (χ1) is 8.67. The van der Waals surface area contributed by atoms with Crippen molar-refractivity contribution in [2.24, 2.45) is 0 Å². The average molecular weight is 254 g/mol. The largest absolute Gasteiger partial charge is 0.433 e. The zero-order valence-electron chi connectivity index (χ0n) is 10.6. The Morgan fingerprint density at radius 1 is 1.61 bits per heavy atom. The van der Waals surface area contributed by atoms with Gasteiger partial charge >= 0.3 is 5.88 Å². The lowest BCUT2D eigenvalue weighted by molar-refractivity contribution is -0.402. The molecule has 0 amide bonds. The van der Waals surface area contributed by atoms with E-state index >= 15 is 0 Å². The third-order valence-corrected chi connectivity index (χ3v) is 2.43. The summed E-state index contributed by atoms with van der Waals surface area (Å²) in [6, 6.07) is 2.96. The third-order valence-electron chi connectivity index (χ3n) is 2.43. The van der Waals surface area contributed by atoms with Crippen molar-refractivity contribution in [3.63, 3.8) is 0 Å². The maximum Gasteiger partial charge on any atom is 0.433 e. The molecule has 1 N–H and O–H groups in total.